The van der Waals surface area contributed by atoms with Gasteiger partial charge in [0.05, 0.1) is 23.9 Å². The van der Waals surface area contributed by atoms with Crippen LogP contribution in [0.15, 0.2) is 30.7 Å². The first kappa shape index (κ1) is 17.2. The highest BCUT2D eigenvalue weighted by Crippen LogP contribution is 2.20. The second-order valence-corrected chi connectivity index (χ2v) is 6.19. The molecule has 0 fully saturated rings. The van der Waals surface area contributed by atoms with Crippen LogP contribution < -0.4 is 5.32 Å². The van der Waals surface area contributed by atoms with Gasteiger partial charge in [-0.25, -0.2) is 14.4 Å². The third kappa shape index (κ3) is 3.41. The first-order valence-electron chi connectivity index (χ1n) is 7.29. The van der Waals surface area contributed by atoms with Crippen LogP contribution in [-0.4, -0.2) is 25.7 Å². The van der Waals surface area contributed by atoms with Crippen molar-refractivity contribution in [2.45, 2.75) is 13.0 Å². The number of nitrogens with zero attached hydrogens (tertiary/aromatic N) is 6. The minimum absolute atomic E-state index is 0.0282. The summed E-state index contributed by atoms with van der Waals surface area (Å²) in [5.74, 6) is -0.828. The van der Waals surface area contributed by atoms with E-state index in [9.17, 15) is 9.18 Å². The lowest BCUT2D eigenvalue weighted by Gasteiger charge is -2.13. The zero-order chi connectivity index (χ0) is 18.7. The third-order valence-corrected chi connectivity index (χ3v) is 4.26. The number of hydrogen-bond donors (Lipinski definition) is 1. The zero-order valence-electron chi connectivity index (χ0n) is 13.3. The summed E-state index contributed by atoms with van der Waals surface area (Å²) in [7, 11) is 0. The lowest BCUT2D eigenvalue weighted by atomic mass is 10.1. The Balaban J connectivity index is 1.83. The summed E-state index contributed by atoms with van der Waals surface area (Å²) in [6, 6.07) is 6.62. The molecule has 0 unspecified atom stereocenters. The van der Waals surface area contributed by atoms with Gasteiger partial charge in [0.1, 0.15) is 23.1 Å². The number of carbonyl (C=O) groups is 1. The lowest BCUT2D eigenvalue weighted by Crippen LogP contribution is -2.28. The maximum atomic E-state index is 13.5. The van der Waals surface area contributed by atoms with Gasteiger partial charge in [-0.15, -0.1) is 0 Å². The standard InChI is InChI=1S/C16H10FN7OS/c1-9(23-15(25)11-2-10(5-18)3-12(17)4-11)14-21-8-22-24(14)16-20-7-13(6-19)26-16/h2-4,7-9H,1H3,(H,23,25)/t9-/m0/s1. The van der Waals surface area contributed by atoms with E-state index in [0.717, 1.165) is 23.5 Å². The van der Waals surface area contributed by atoms with E-state index in [1.807, 2.05) is 6.07 Å². The Labute approximate surface area is 151 Å². The van der Waals surface area contributed by atoms with Gasteiger partial charge in [0, 0.05) is 5.56 Å². The van der Waals surface area contributed by atoms with Crippen molar-refractivity contribution in [3.8, 4) is 17.3 Å². The summed E-state index contributed by atoms with van der Waals surface area (Å²) < 4.78 is 14.9. The van der Waals surface area contributed by atoms with Crippen molar-refractivity contribution < 1.29 is 9.18 Å². The SMILES string of the molecule is C[C@H](NC(=O)c1cc(F)cc(C#N)c1)c1ncnn1-c1ncc(C#N)s1. The number of carbonyl (C=O) groups excluding carboxylic acids is 1. The maximum absolute atomic E-state index is 13.5. The molecule has 0 bridgehead atoms. The first-order valence-corrected chi connectivity index (χ1v) is 8.11. The molecule has 1 N–H and O–H groups in total. The van der Waals surface area contributed by atoms with Crippen LogP contribution in [0.2, 0.25) is 0 Å². The normalized spacial score (nSPS) is 11.4. The van der Waals surface area contributed by atoms with Gasteiger partial charge in [0.15, 0.2) is 5.82 Å². The topological polar surface area (TPSA) is 120 Å². The summed E-state index contributed by atoms with van der Waals surface area (Å²) >= 11 is 1.13. The van der Waals surface area contributed by atoms with E-state index < -0.39 is 17.8 Å². The van der Waals surface area contributed by atoms with Gasteiger partial charge in [-0.3, -0.25) is 4.79 Å². The van der Waals surface area contributed by atoms with Crippen molar-refractivity contribution in [3.63, 3.8) is 0 Å². The van der Waals surface area contributed by atoms with Crippen LogP contribution in [0.4, 0.5) is 4.39 Å². The molecule has 1 amide bonds. The number of hydrogen-bond acceptors (Lipinski definition) is 7. The van der Waals surface area contributed by atoms with E-state index in [1.54, 1.807) is 13.0 Å². The number of thiazole rings is 1. The van der Waals surface area contributed by atoms with Crippen molar-refractivity contribution in [1.29, 1.82) is 10.5 Å². The van der Waals surface area contributed by atoms with Crippen LogP contribution >= 0.6 is 11.3 Å². The minimum atomic E-state index is -0.670. The van der Waals surface area contributed by atoms with Crippen molar-refractivity contribution in [2.75, 3.05) is 0 Å². The molecule has 0 aliphatic carbocycles. The highest BCUT2D eigenvalue weighted by Gasteiger charge is 2.20. The summed E-state index contributed by atoms with van der Waals surface area (Å²) in [6.45, 7) is 1.68. The molecule has 3 rings (SSSR count). The van der Waals surface area contributed by atoms with Crippen LogP contribution in [0.5, 0.6) is 0 Å². The molecule has 1 aromatic carbocycles. The Morgan fingerprint density at radius 3 is 2.81 bits per heavy atom. The van der Waals surface area contributed by atoms with E-state index in [4.69, 9.17) is 10.5 Å². The van der Waals surface area contributed by atoms with Crippen molar-refractivity contribution in [2.24, 2.45) is 0 Å². The smallest absolute Gasteiger partial charge is 0.252 e. The highest BCUT2D eigenvalue weighted by atomic mass is 32.1. The average molecular weight is 367 g/mol. The van der Waals surface area contributed by atoms with E-state index in [0.29, 0.717) is 15.8 Å². The Hall–Kier alpha value is -3.63. The molecule has 1 atom stereocenters. The minimum Gasteiger partial charge on any atom is -0.342 e. The van der Waals surface area contributed by atoms with E-state index in [1.165, 1.54) is 23.3 Å². The number of aromatic nitrogens is 4. The summed E-state index contributed by atoms with van der Waals surface area (Å²) in [6.07, 6.45) is 2.73. The second kappa shape index (κ2) is 7.09. The summed E-state index contributed by atoms with van der Waals surface area (Å²) in [5, 5.41) is 25.0. The average Bonchev–Trinajstić information content (AvgIpc) is 3.29. The van der Waals surface area contributed by atoms with Gasteiger partial charge in [-0.2, -0.15) is 20.3 Å². The van der Waals surface area contributed by atoms with E-state index in [2.05, 4.69) is 20.4 Å². The van der Waals surface area contributed by atoms with Gasteiger partial charge in [0.2, 0.25) is 5.13 Å². The summed E-state index contributed by atoms with van der Waals surface area (Å²) in [5.41, 5.74) is 0.0817. The van der Waals surface area contributed by atoms with Crippen LogP contribution in [0.1, 0.15) is 39.6 Å². The molecule has 0 saturated heterocycles. The molecule has 0 radical (unpaired) electrons. The molecule has 0 saturated carbocycles. The lowest BCUT2D eigenvalue weighted by molar-refractivity contribution is 0.0937. The van der Waals surface area contributed by atoms with E-state index in [-0.39, 0.29) is 11.1 Å². The molecule has 8 nitrogen and oxygen atoms in total. The highest BCUT2D eigenvalue weighted by molar-refractivity contribution is 7.14. The predicted molar refractivity (Wildman–Crippen MR) is 88.7 cm³/mol. The fourth-order valence-electron chi connectivity index (χ4n) is 2.24. The first-order chi connectivity index (χ1) is 12.5. The van der Waals surface area contributed by atoms with Gasteiger partial charge < -0.3 is 5.32 Å². The van der Waals surface area contributed by atoms with Crippen LogP contribution in [0, 0.1) is 28.5 Å². The van der Waals surface area contributed by atoms with Crippen LogP contribution in [0.3, 0.4) is 0 Å². The Morgan fingerprint density at radius 1 is 1.31 bits per heavy atom. The second-order valence-electron chi connectivity index (χ2n) is 5.18. The fourth-order valence-corrected chi connectivity index (χ4v) is 2.92. The maximum Gasteiger partial charge on any atom is 0.252 e. The van der Waals surface area contributed by atoms with Gasteiger partial charge in [-0.1, -0.05) is 11.3 Å². The molecule has 3 aromatic rings. The Morgan fingerprint density at radius 2 is 2.12 bits per heavy atom. The number of rotatable bonds is 4. The molecule has 0 spiro atoms. The number of halogens is 1. The van der Waals surface area contributed by atoms with Crippen molar-refractivity contribution in [3.05, 3.63) is 58.4 Å². The third-order valence-electron chi connectivity index (χ3n) is 3.38. The number of nitriles is 2. The molecular weight excluding hydrogens is 357 g/mol. The van der Waals surface area contributed by atoms with Crippen LogP contribution in [-0.2, 0) is 0 Å². The van der Waals surface area contributed by atoms with Crippen molar-refractivity contribution in [1.82, 2.24) is 25.1 Å². The Kier molecular flexibility index (Phi) is 4.69. The largest absolute Gasteiger partial charge is 0.342 e. The molecule has 0 aliphatic heterocycles. The molecule has 2 heterocycles. The monoisotopic (exact) mass is 367 g/mol. The van der Waals surface area contributed by atoms with Crippen LogP contribution in [0.25, 0.3) is 5.13 Å². The fraction of sp³-hybridized carbons (Fsp3) is 0.125. The van der Waals surface area contributed by atoms with Gasteiger partial charge >= 0.3 is 0 Å². The molecule has 26 heavy (non-hydrogen) atoms. The Bertz CT molecular complexity index is 1060. The molecule has 2 aromatic heterocycles. The molecular formula is C16H10FN7OS. The molecule has 0 aliphatic rings. The number of amides is 1. The summed E-state index contributed by atoms with van der Waals surface area (Å²) in [4.78, 5) is 21.0. The number of nitrogens with one attached hydrogen (secondary N) is 1. The predicted octanol–water partition coefficient (Wildman–Crippen LogP) is 2.10. The van der Waals surface area contributed by atoms with E-state index >= 15 is 0 Å². The molecule has 128 valence electrons. The number of benzene rings is 1. The molecule has 10 heteroatoms. The van der Waals surface area contributed by atoms with Crippen molar-refractivity contribution >= 4 is 17.2 Å². The zero-order valence-corrected chi connectivity index (χ0v) is 14.2. The van der Waals surface area contributed by atoms with Gasteiger partial charge in [-0.05, 0) is 25.1 Å². The quantitative estimate of drug-likeness (QED) is 0.754. The van der Waals surface area contributed by atoms with Gasteiger partial charge in [0.25, 0.3) is 5.91 Å².